The van der Waals surface area contributed by atoms with Gasteiger partial charge >= 0.3 is 6.03 Å². The van der Waals surface area contributed by atoms with E-state index in [-0.39, 0.29) is 30.6 Å². The average Bonchev–Trinajstić information content (AvgIpc) is 3.07. The number of anilines is 1. The fourth-order valence-corrected chi connectivity index (χ4v) is 5.45. The summed E-state index contributed by atoms with van der Waals surface area (Å²) in [6.45, 7) is -0.314. The zero-order valence-electron chi connectivity index (χ0n) is 19.8. The molecule has 4 amide bonds. The Hall–Kier alpha value is -3.00. The van der Waals surface area contributed by atoms with Crippen LogP contribution in [0.4, 0.5) is 10.5 Å². The lowest BCUT2D eigenvalue weighted by Gasteiger charge is -2.30. The molecule has 7 nitrogen and oxygen atoms in total. The van der Waals surface area contributed by atoms with E-state index in [9.17, 15) is 19.2 Å². The highest BCUT2D eigenvalue weighted by Crippen LogP contribution is 2.33. The maximum atomic E-state index is 13.5. The van der Waals surface area contributed by atoms with Crippen molar-refractivity contribution in [3.05, 3.63) is 64.6 Å². The first-order chi connectivity index (χ1) is 16.8. The predicted octanol–water partition coefficient (Wildman–Crippen LogP) is 4.48. The van der Waals surface area contributed by atoms with E-state index in [0.29, 0.717) is 24.9 Å². The molecule has 0 bridgehead atoms. The Morgan fingerprint density at radius 1 is 1.06 bits per heavy atom. The Bertz CT molecular complexity index is 1110. The minimum absolute atomic E-state index is 0.0594. The van der Waals surface area contributed by atoms with E-state index in [0.717, 1.165) is 34.2 Å². The highest BCUT2D eigenvalue weighted by atomic mass is 79.9. The second kappa shape index (κ2) is 10.7. The number of hydrogen-bond donors (Lipinski definition) is 1. The molecular formula is C27H30BrN3O4. The number of hydrogen-bond acceptors (Lipinski definition) is 4. The van der Waals surface area contributed by atoms with Crippen LogP contribution in [0.15, 0.2) is 59.1 Å². The minimum Gasteiger partial charge on any atom is -0.323 e. The molecule has 1 saturated heterocycles. The van der Waals surface area contributed by atoms with Gasteiger partial charge in [0.2, 0.25) is 5.91 Å². The van der Waals surface area contributed by atoms with Crippen LogP contribution < -0.4 is 10.2 Å². The van der Waals surface area contributed by atoms with Crippen molar-refractivity contribution in [3.8, 4) is 0 Å². The summed E-state index contributed by atoms with van der Waals surface area (Å²) in [5.74, 6) is -1.44. The molecule has 2 aliphatic rings. The Kier molecular flexibility index (Phi) is 7.69. The number of nitrogens with zero attached hydrogens (tertiary/aromatic N) is 2. The van der Waals surface area contributed by atoms with Crippen LogP contribution in [0.2, 0.25) is 0 Å². The van der Waals surface area contributed by atoms with E-state index < -0.39 is 17.5 Å². The molecule has 2 fully saturated rings. The zero-order valence-corrected chi connectivity index (χ0v) is 21.4. The molecule has 1 saturated carbocycles. The first-order valence-corrected chi connectivity index (χ1v) is 12.8. The van der Waals surface area contributed by atoms with E-state index >= 15 is 0 Å². The molecule has 1 aliphatic carbocycles. The van der Waals surface area contributed by atoms with Crippen molar-refractivity contribution >= 4 is 45.2 Å². The van der Waals surface area contributed by atoms with Crippen molar-refractivity contribution in [1.29, 1.82) is 0 Å². The Morgan fingerprint density at radius 2 is 1.77 bits per heavy atom. The summed E-state index contributed by atoms with van der Waals surface area (Å²) < 4.78 is 0.848. The van der Waals surface area contributed by atoms with Gasteiger partial charge in [0, 0.05) is 29.5 Å². The van der Waals surface area contributed by atoms with Gasteiger partial charge in [0.1, 0.15) is 5.54 Å². The molecular weight excluding hydrogens is 510 g/mol. The summed E-state index contributed by atoms with van der Waals surface area (Å²) in [7, 11) is 1.69. The highest BCUT2D eigenvalue weighted by molar-refractivity contribution is 9.10. The summed E-state index contributed by atoms with van der Waals surface area (Å²) in [6.07, 6.45) is 4.33. The maximum absolute atomic E-state index is 13.5. The molecule has 4 rings (SSSR count). The van der Waals surface area contributed by atoms with Gasteiger partial charge in [-0.25, -0.2) is 4.79 Å². The van der Waals surface area contributed by atoms with Gasteiger partial charge in [0.15, 0.2) is 5.78 Å². The van der Waals surface area contributed by atoms with Crippen LogP contribution in [-0.2, 0) is 20.8 Å². The van der Waals surface area contributed by atoms with Gasteiger partial charge in [-0.15, -0.1) is 0 Å². The molecule has 1 spiro atoms. The number of ketones is 1. The lowest BCUT2D eigenvalue weighted by atomic mass is 9.81. The third-order valence-electron chi connectivity index (χ3n) is 6.96. The molecule has 35 heavy (non-hydrogen) atoms. The largest absolute Gasteiger partial charge is 0.325 e. The second-order valence-corrected chi connectivity index (χ2v) is 10.4. The van der Waals surface area contributed by atoms with E-state index in [4.69, 9.17) is 0 Å². The Labute approximate surface area is 214 Å². The van der Waals surface area contributed by atoms with Crippen molar-refractivity contribution in [1.82, 2.24) is 10.2 Å². The Balaban J connectivity index is 1.49. The summed E-state index contributed by atoms with van der Waals surface area (Å²) in [5, 5.41) is 2.84. The molecule has 8 heteroatoms. The number of amides is 4. The van der Waals surface area contributed by atoms with Gasteiger partial charge in [0.25, 0.3) is 5.91 Å². The van der Waals surface area contributed by atoms with Crippen molar-refractivity contribution < 1.29 is 19.2 Å². The summed E-state index contributed by atoms with van der Waals surface area (Å²) in [4.78, 5) is 54.9. The van der Waals surface area contributed by atoms with Crippen molar-refractivity contribution in [2.45, 2.75) is 50.5 Å². The highest BCUT2D eigenvalue weighted by Gasteiger charge is 2.51. The second-order valence-electron chi connectivity index (χ2n) is 9.47. The Morgan fingerprint density at radius 3 is 2.46 bits per heavy atom. The molecule has 0 radical (unpaired) electrons. The van der Waals surface area contributed by atoms with Gasteiger partial charge in [-0.1, -0.05) is 71.6 Å². The summed E-state index contributed by atoms with van der Waals surface area (Å²) in [5.41, 5.74) is 0.788. The van der Waals surface area contributed by atoms with Gasteiger partial charge < -0.3 is 10.2 Å². The number of imide groups is 1. The van der Waals surface area contributed by atoms with Gasteiger partial charge in [0.05, 0.1) is 6.54 Å². The first kappa shape index (κ1) is 25.1. The molecule has 0 aromatic heterocycles. The fraction of sp³-hybridized carbons (Fsp3) is 0.407. The third kappa shape index (κ3) is 5.64. The van der Waals surface area contributed by atoms with Crippen molar-refractivity contribution in [2.75, 3.05) is 18.5 Å². The first-order valence-electron chi connectivity index (χ1n) is 12.0. The SMILES string of the molecule is CN(C(=O)[C@@H](CC(=O)CN1C(=O)NC2(CCCCC2)C1=O)Cc1ccccc1)c1cccc(Br)c1. The van der Waals surface area contributed by atoms with Crippen LogP contribution in [0.1, 0.15) is 44.1 Å². The number of urea groups is 1. The number of rotatable bonds is 8. The van der Waals surface area contributed by atoms with Crippen molar-refractivity contribution in [2.24, 2.45) is 5.92 Å². The molecule has 184 valence electrons. The van der Waals surface area contributed by atoms with Crippen LogP contribution in [0.3, 0.4) is 0 Å². The fourth-order valence-electron chi connectivity index (χ4n) is 5.06. The van der Waals surface area contributed by atoms with E-state index in [1.165, 1.54) is 0 Å². The normalized spacial score (nSPS) is 17.8. The van der Waals surface area contributed by atoms with Crippen molar-refractivity contribution in [3.63, 3.8) is 0 Å². The number of Topliss-reactive ketones (excluding diaryl/α,β-unsaturated/α-hetero) is 1. The molecule has 1 atom stereocenters. The van der Waals surface area contributed by atoms with E-state index in [1.54, 1.807) is 11.9 Å². The average molecular weight is 540 g/mol. The van der Waals surface area contributed by atoms with Gasteiger partial charge in [-0.05, 0) is 43.0 Å². The van der Waals surface area contributed by atoms with E-state index in [1.807, 2.05) is 54.6 Å². The number of benzene rings is 2. The van der Waals surface area contributed by atoms with Crippen LogP contribution in [0.25, 0.3) is 0 Å². The molecule has 2 aromatic carbocycles. The molecule has 1 aliphatic heterocycles. The lowest BCUT2D eigenvalue weighted by Crippen LogP contribution is -2.48. The maximum Gasteiger partial charge on any atom is 0.325 e. The predicted molar refractivity (Wildman–Crippen MR) is 137 cm³/mol. The minimum atomic E-state index is -0.865. The molecule has 2 aromatic rings. The lowest BCUT2D eigenvalue weighted by molar-refractivity contribution is -0.136. The number of carbonyl (C=O) groups excluding carboxylic acids is 4. The van der Waals surface area contributed by atoms with Crippen LogP contribution in [0, 0.1) is 5.92 Å². The molecule has 0 unspecified atom stereocenters. The summed E-state index contributed by atoms with van der Waals surface area (Å²) >= 11 is 3.43. The van der Waals surface area contributed by atoms with Crippen LogP contribution in [-0.4, -0.2) is 47.7 Å². The zero-order chi connectivity index (χ0) is 25.0. The number of nitrogens with one attached hydrogen (secondary N) is 1. The quantitative estimate of drug-likeness (QED) is 0.501. The standard InChI is InChI=1S/C27H30BrN3O4/c1-30(22-12-8-11-21(28)17-22)24(33)20(15-19-9-4-2-5-10-19)16-23(32)18-31-25(34)27(29-26(31)35)13-6-3-7-14-27/h2,4-5,8-12,17,20H,3,6-7,13-16,18H2,1H3,(H,29,35)/t20-/m1/s1. The van der Waals surface area contributed by atoms with Gasteiger partial charge in [-0.3, -0.25) is 19.3 Å². The van der Waals surface area contributed by atoms with Crippen LogP contribution in [0.5, 0.6) is 0 Å². The summed E-state index contributed by atoms with van der Waals surface area (Å²) in [6, 6.07) is 16.4. The number of halogens is 1. The monoisotopic (exact) mass is 539 g/mol. The smallest absolute Gasteiger partial charge is 0.323 e. The van der Waals surface area contributed by atoms with Gasteiger partial charge in [-0.2, -0.15) is 0 Å². The topological polar surface area (TPSA) is 86.8 Å². The molecule has 1 heterocycles. The van der Waals surface area contributed by atoms with Crippen LogP contribution >= 0.6 is 15.9 Å². The third-order valence-corrected chi connectivity index (χ3v) is 7.46. The van der Waals surface area contributed by atoms with E-state index in [2.05, 4.69) is 21.2 Å². The number of carbonyl (C=O) groups is 4. The molecule has 1 N–H and O–H groups in total.